The van der Waals surface area contributed by atoms with Gasteiger partial charge in [-0.1, -0.05) is 18.1 Å². The van der Waals surface area contributed by atoms with Gasteiger partial charge < -0.3 is 18.6 Å². The second-order valence-electron chi connectivity index (χ2n) is 7.93. The van der Waals surface area contributed by atoms with E-state index in [1.54, 1.807) is 14.2 Å². The molecule has 0 saturated carbocycles. The van der Waals surface area contributed by atoms with Crippen molar-refractivity contribution >= 4 is 5.78 Å². The van der Waals surface area contributed by atoms with E-state index in [2.05, 4.69) is 14.7 Å². The van der Waals surface area contributed by atoms with Crippen molar-refractivity contribution in [2.75, 3.05) is 27.8 Å². The van der Waals surface area contributed by atoms with Crippen molar-refractivity contribution in [3.63, 3.8) is 0 Å². The zero-order chi connectivity index (χ0) is 23.3. The van der Waals surface area contributed by atoms with E-state index >= 15 is 0 Å². The molecular formula is C24H32N4O4. The first-order chi connectivity index (χ1) is 15.4. The first kappa shape index (κ1) is 23.5. The van der Waals surface area contributed by atoms with Gasteiger partial charge in [0.2, 0.25) is 5.89 Å². The van der Waals surface area contributed by atoms with Gasteiger partial charge >= 0.3 is 0 Å². The third kappa shape index (κ3) is 5.37. The number of benzene rings is 1. The molecule has 2 heterocycles. The van der Waals surface area contributed by atoms with Crippen LogP contribution in [0.3, 0.4) is 0 Å². The summed E-state index contributed by atoms with van der Waals surface area (Å²) in [5, 5.41) is 3.90. The Labute approximate surface area is 189 Å². The molecule has 0 aliphatic carbocycles. The van der Waals surface area contributed by atoms with Crippen LogP contribution in [-0.2, 0) is 25.9 Å². The molecule has 2 aromatic heterocycles. The van der Waals surface area contributed by atoms with Crippen LogP contribution in [0, 0.1) is 13.8 Å². The van der Waals surface area contributed by atoms with E-state index in [0.717, 1.165) is 47.7 Å². The SMILES string of the molecule is CCc1noc(CN(C)CC(=O)c2cc(C)n(CCc3ccc(OC)c(OC)c3)c2C)n1. The first-order valence-electron chi connectivity index (χ1n) is 10.8. The first-order valence-corrected chi connectivity index (χ1v) is 10.8. The molecule has 0 aliphatic heterocycles. The average Bonchev–Trinajstić information content (AvgIpc) is 3.35. The van der Waals surface area contributed by atoms with E-state index in [1.807, 2.05) is 57.0 Å². The zero-order valence-corrected chi connectivity index (χ0v) is 19.8. The summed E-state index contributed by atoms with van der Waals surface area (Å²) in [5.74, 6) is 2.72. The molecule has 0 atom stereocenters. The summed E-state index contributed by atoms with van der Waals surface area (Å²) < 4.78 is 18.1. The van der Waals surface area contributed by atoms with E-state index < -0.39 is 0 Å². The second kappa shape index (κ2) is 10.5. The minimum absolute atomic E-state index is 0.0770. The highest BCUT2D eigenvalue weighted by molar-refractivity contribution is 5.99. The number of methoxy groups -OCH3 is 2. The van der Waals surface area contributed by atoms with Crippen LogP contribution in [0.15, 0.2) is 28.8 Å². The molecule has 0 bridgehead atoms. The van der Waals surface area contributed by atoms with Crippen molar-refractivity contribution in [1.82, 2.24) is 19.6 Å². The smallest absolute Gasteiger partial charge is 0.240 e. The largest absolute Gasteiger partial charge is 0.493 e. The lowest BCUT2D eigenvalue weighted by molar-refractivity contribution is 0.0936. The molecule has 0 saturated heterocycles. The predicted octanol–water partition coefficient (Wildman–Crippen LogP) is 3.62. The molecule has 3 aromatic rings. The van der Waals surface area contributed by atoms with E-state index in [1.165, 1.54) is 0 Å². The van der Waals surface area contributed by atoms with Gasteiger partial charge in [-0.3, -0.25) is 9.69 Å². The topological polar surface area (TPSA) is 82.6 Å². The highest BCUT2D eigenvalue weighted by Gasteiger charge is 2.18. The number of nitrogens with zero attached hydrogens (tertiary/aromatic N) is 4. The number of hydrogen-bond donors (Lipinski definition) is 0. The Morgan fingerprint density at radius 1 is 1.16 bits per heavy atom. The summed E-state index contributed by atoms with van der Waals surface area (Å²) in [6, 6.07) is 7.93. The molecule has 1 aromatic carbocycles. The third-order valence-corrected chi connectivity index (χ3v) is 5.59. The molecule has 0 radical (unpaired) electrons. The Balaban J connectivity index is 1.65. The standard InChI is InChI=1S/C24H32N4O4/c1-7-23-25-24(32-26-23)15-27(4)14-20(29)19-12-16(2)28(17(19)3)11-10-18-8-9-21(30-5)22(13-18)31-6/h8-9,12-13H,7,10-11,14-15H2,1-6H3. The molecule has 0 fully saturated rings. The van der Waals surface area contributed by atoms with E-state index in [4.69, 9.17) is 14.0 Å². The van der Waals surface area contributed by atoms with E-state index in [0.29, 0.717) is 24.0 Å². The molecule has 32 heavy (non-hydrogen) atoms. The predicted molar refractivity (Wildman–Crippen MR) is 121 cm³/mol. The fraction of sp³-hybridized carbons (Fsp3) is 0.458. The van der Waals surface area contributed by atoms with Crippen LogP contribution in [-0.4, -0.2) is 53.2 Å². The third-order valence-electron chi connectivity index (χ3n) is 5.59. The van der Waals surface area contributed by atoms with Gasteiger partial charge in [0.05, 0.1) is 27.3 Å². The molecule has 0 unspecified atom stereocenters. The lowest BCUT2D eigenvalue weighted by Gasteiger charge is -2.14. The maximum absolute atomic E-state index is 13.0. The van der Waals surface area contributed by atoms with Crippen LogP contribution in [0.5, 0.6) is 11.5 Å². The Bertz CT molecular complexity index is 1070. The monoisotopic (exact) mass is 440 g/mol. The molecule has 0 aliphatic rings. The Hall–Kier alpha value is -3.13. The highest BCUT2D eigenvalue weighted by Crippen LogP contribution is 2.28. The van der Waals surface area contributed by atoms with Gasteiger partial charge in [-0.2, -0.15) is 4.98 Å². The van der Waals surface area contributed by atoms with E-state index in [-0.39, 0.29) is 12.3 Å². The van der Waals surface area contributed by atoms with E-state index in [9.17, 15) is 4.79 Å². The summed E-state index contributed by atoms with van der Waals surface area (Å²) in [4.78, 5) is 19.2. The molecular weight excluding hydrogens is 408 g/mol. The number of hydrogen-bond acceptors (Lipinski definition) is 7. The molecule has 0 N–H and O–H groups in total. The number of rotatable bonds is 11. The fourth-order valence-electron chi connectivity index (χ4n) is 3.82. The summed E-state index contributed by atoms with van der Waals surface area (Å²) in [6.45, 7) is 7.51. The number of carbonyl (C=O) groups is 1. The molecule has 8 heteroatoms. The second-order valence-corrected chi connectivity index (χ2v) is 7.93. The summed E-state index contributed by atoms with van der Waals surface area (Å²) in [7, 11) is 5.15. The van der Waals surface area contributed by atoms with Crippen molar-refractivity contribution in [2.45, 2.75) is 46.7 Å². The number of aromatic nitrogens is 3. The molecule has 8 nitrogen and oxygen atoms in total. The normalized spacial score (nSPS) is 11.2. The van der Waals surface area contributed by atoms with Crippen LogP contribution in [0.4, 0.5) is 0 Å². The summed E-state index contributed by atoms with van der Waals surface area (Å²) in [5.41, 5.74) is 3.95. The average molecular weight is 441 g/mol. The number of ether oxygens (including phenoxy) is 2. The Kier molecular flexibility index (Phi) is 7.69. The van der Waals surface area contributed by atoms with Crippen LogP contribution in [0.2, 0.25) is 0 Å². The van der Waals surface area contributed by atoms with Gasteiger partial charge in [-0.15, -0.1) is 0 Å². The maximum Gasteiger partial charge on any atom is 0.240 e. The lowest BCUT2D eigenvalue weighted by Crippen LogP contribution is -2.26. The van der Waals surface area contributed by atoms with Gasteiger partial charge in [-0.25, -0.2) is 0 Å². The minimum Gasteiger partial charge on any atom is -0.493 e. The molecule has 3 rings (SSSR count). The van der Waals surface area contributed by atoms with Gasteiger partial charge in [0, 0.05) is 29.9 Å². The highest BCUT2D eigenvalue weighted by atomic mass is 16.5. The van der Waals surface area contributed by atoms with Crippen molar-refractivity contribution in [3.8, 4) is 11.5 Å². The van der Waals surface area contributed by atoms with Crippen molar-refractivity contribution in [1.29, 1.82) is 0 Å². The zero-order valence-electron chi connectivity index (χ0n) is 19.8. The van der Waals surface area contributed by atoms with Crippen LogP contribution < -0.4 is 9.47 Å². The number of likely N-dealkylation sites (N-methyl/N-ethyl adjacent to an activating group) is 1. The Morgan fingerprint density at radius 3 is 2.56 bits per heavy atom. The van der Waals surface area contributed by atoms with Crippen LogP contribution in [0.1, 0.15) is 45.9 Å². The number of aryl methyl sites for hydroxylation is 3. The van der Waals surface area contributed by atoms with Gasteiger partial charge in [0.1, 0.15) is 0 Å². The van der Waals surface area contributed by atoms with Crippen molar-refractivity contribution in [2.24, 2.45) is 0 Å². The Morgan fingerprint density at radius 2 is 1.91 bits per heavy atom. The molecule has 172 valence electrons. The van der Waals surface area contributed by atoms with Gasteiger partial charge in [-0.05, 0) is 51.1 Å². The van der Waals surface area contributed by atoms with Gasteiger partial charge in [0.25, 0.3) is 0 Å². The van der Waals surface area contributed by atoms with Crippen LogP contribution >= 0.6 is 0 Å². The summed E-state index contributed by atoms with van der Waals surface area (Å²) in [6.07, 6.45) is 1.54. The summed E-state index contributed by atoms with van der Waals surface area (Å²) >= 11 is 0. The van der Waals surface area contributed by atoms with Crippen molar-refractivity contribution in [3.05, 3.63) is 58.5 Å². The number of carbonyl (C=O) groups excluding carboxylic acids is 1. The van der Waals surface area contributed by atoms with Crippen molar-refractivity contribution < 1.29 is 18.8 Å². The number of ketones is 1. The molecule has 0 amide bonds. The minimum atomic E-state index is 0.0770. The van der Waals surface area contributed by atoms with Crippen LogP contribution in [0.25, 0.3) is 0 Å². The maximum atomic E-state index is 13.0. The fourth-order valence-corrected chi connectivity index (χ4v) is 3.82. The molecule has 0 spiro atoms. The quantitative estimate of drug-likeness (QED) is 0.421. The number of Topliss-reactive ketones (excluding diaryl/α,β-unsaturated/α-hetero) is 1. The lowest BCUT2D eigenvalue weighted by atomic mass is 10.1. The van der Waals surface area contributed by atoms with Gasteiger partial charge in [0.15, 0.2) is 23.1 Å².